The number of fused-ring (bicyclic) bond motifs is 1. The van der Waals surface area contributed by atoms with Crippen LogP contribution in [0.15, 0.2) is 36.4 Å². The van der Waals surface area contributed by atoms with Crippen molar-refractivity contribution in [2.24, 2.45) is 5.73 Å². The van der Waals surface area contributed by atoms with Gasteiger partial charge in [0.1, 0.15) is 5.82 Å². The zero-order valence-electron chi connectivity index (χ0n) is 14.5. The van der Waals surface area contributed by atoms with Gasteiger partial charge in [-0.15, -0.1) is 0 Å². The van der Waals surface area contributed by atoms with Crippen LogP contribution in [0.2, 0.25) is 0 Å². The van der Waals surface area contributed by atoms with Crippen molar-refractivity contribution in [2.75, 3.05) is 36.7 Å². The fourth-order valence-corrected chi connectivity index (χ4v) is 3.01. The van der Waals surface area contributed by atoms with Crippen molar-refractivity contribution in [3.63, 3.8) is 0 Å². The Bertz CT molecular complexity index is 791. The van der Waals surface area contributed by atoms with Gasteiger partial charge in [-0.3, -0.25) is 4.79 Å². The van der Waals surface area contributed by atoms with E-state index in [9.17, 15) is 9.18 Å². The number of hydrogen-bond donors (Lipinski definition) is 3. The molecule has 4 N–H and O–H groups in total. The normalized spacial score (nSPS) is 15.9. The topological polar surface area (TPSA) is 73.6 Å². The average Bonchev–Trinajstić information content (AvgIpc) is 2.83. The first kappa shape index (κ1) is 17.0. The summed E-state index contributed by atoms with van der Waals surface area (Å²) in [4.78, 5) is 15.6. The smallest absolute Gasteiger partial charge is 0.250 e. The molecule has 2 aromatic carbocycles. The predicted molar refractivity (Wildman–Crippen MR) is 98.2 cm³/mol. The summed E-state index contributed by atoms with van der Waals surface area (Å²) in [5, 5.41) is 6.50. The van der Waals surface area contributed by atoms with Gasteiger partial charge in [-0.05, 0) is 43.9 Å². The lowest BCUT2D eigenvalue weighted by atomic mass is 10.1. The molecule has 0 bridgehead atoms. The molecular weight excluding hydrogens is 321 g/mol. The van der Waals surface area contributed by atoms with Gasteiger partial charge in [-0.1, -0.05) is 12.1 Å². The summed E-state index contributed by atoms with van der Waals surface area (Å²) in [5.74, 6) is -1.15. The lowest BCUT2D eigenvalue weighted by Crippen LogP contribution is -2.39. The summed E-state index contributed by atoms with van der Waals surface area (Å²) in [6.45, 7) is 0.870. The zero-order valence-corrected chi connectivity index (χ0v) is 14.5. The number of hydrogen-bond acceptors (Lipinski definition) is 5. The van der Waals surface area contributed by atoms with Crippen LogP contribution in [0.3, 0.4) is 0 Å². The van der Waals surface area contributed by atoms with Gasteiger partial charge in [0.25, 0.3) is 5.91 Å². The van der Waals surface area contributed by atoms with E-state index in [4.69, 9.17) is 5.73 Å². The Balaban J connectivity index is 1.79. The van der Waals surface area contributed by atoms with Crippen LogP contribution in [0.1, 0.15) is 15.9 Å². The highest BCUT2D eigenvalue weighted by Crippen LogP contribution is 2.37. The SMILES string of the molecule is CN(C)Cc1ccc(NC2Nc3cc(F)cc(C(N)=O)c3N2C)cc1. The molecule has 0 aliphatic carbocycles. The standard InChI is InChI=1S/C18H22FN5O/c1-23(2)10-11-4-6-13(7-5-11)21-18-22-15-9-12(19)8-14(17(20)25)16(15)24(18)3/h4-9,18,21-22H,10H2,1-3H3,(H2,20,25). The highest BCUT2D eigenvalue weighted by Gasteiger charge is 2.30. The molecule has 0 saturated carbocycles. The highest BCUT2D eigenvalue weighted by molar-refractivity contribution is 6.03. The van der Waals surface area contributed by atoms with Crippen LogP contribution >= 0.6 is 0 Å². The number of nitrogens with zero attached hydrogens (tertiary/aromatic N) is 2. The van der Waals surface area contributed by atoms with E-state index in [1.807, 2.05) is 38.2 Å². The minimum absolute atomic E-state index is 0.163. The van der Waals surface area contributed by atoms with Crippen molar-refractivity contribution in [2.45, 2.75) is 12.8 Å². The van der Waals surface area contributed by atoms with Crippen molar-refractivity contribution in [3.05, 3.63) is 53.3 Å². The minimum atomic E-state index is -0.655. The Kier molecular flexibility index (Phi) is 4.50. The Labute approximate surface area is 146 Å². The van der Waals surface area contributed by atoms with Crippen LogP contribution in [0.25, 0.3) is 0 Å². The quantitative estimate of drug-likeness (QED) is 0.776. The number of primary amides is 1. The Hall–Kier alpha value is -2.80. The summed E-state index contributed by atoms with van der Waals surface area (Å²) in [7, 11) is 5.87. The van der Waals surface area contributed by atoms with Crippen LogP contribution in [0.5, 0.6) is 0 Å². The fourth-order valence-electron chi connectivity index (χ4n) is 3.01. The highest BCUT2D eigenvalue weighted by atomic mass is 19.1. The summed E-state index contributed by atoms with van der Waals surface area (Å²) >= 11 is 0. The molecule has 1 aliphatic heterocycles. The van der Waals surface area contributed by atoms with Gasteiger partial charge in [-0.2, -0.15) is 0 Å². The molecule has 25 heavy (non-hydrogen) atoms. The molecule has 7 heteroatoms. The number of amides is 1. The second-order valence-corrected chi connectivity index (χ2v) is 6.45. The third-order valence-electron chi connectivity index (χ3n) is 4.13. The summed E-state index contributed by atoms with van der Waals surface area (Å²) in [6.07, 6.45) is -0.311. The van der Waals surface area contributed by atoms with E-state index in [1.54, 1.807) is 0 Å². The van der Waals surface area contributed by atoms with E-state index in [1.165, 1.54) is 11.6 Å². The first-order chi connectivity index (χ1) is 11.8. The molecule has 1 heterocycles. The summed E-state index contributed by atoms with van der Waals surface area (Å²) in [6, 6.07) is 10.6. The third-order valence-corrected chi connectivity index (χ3v) is 4.13. The maximum Gasteiger partial charge on any atom is 0.250 e. The fraction of sp³-hybridized carbons (Fsp3) is 0.278. The average molecular weight is 343 g/mol. The van der Waals surface area contributed by atoms with Gasteiger partial charge in [0.15, 0.2) is 6.29 Å². The van der Waals surface area contributed by atoms with Crippen LogP contribution in [0.4, 0.5) is 21.5 Å². The molecule has 3 rings (SSSR count). The molecule has 1 atom stereocenters. The van der Waals surface area contributed by atoms with Gasteiger partial charge >= 0.3 is 0 Å². The lowest BCUT2D eigenvalue weighted by Gasteiger charge is -2.25. The summed E-state index contributed by atoms with van der Waals surface area (Å²) in [5.41, 5.74) is 8.81. The molecule has 132 valence electrons. The van der Waals surface area contributed by atoms with E-state index in [0.29, 0.717) is 11.4 Å². The Morgan fingerprint density at radius 3 is 2.60 bits per heavy atom. The van der Waals surface area contributed by atoms with Crippen LogP contribution in [-0.2, 0) is 6.54 Å². The molecule has 2 aromatic rings. The first-order valence-corrected chi connectivity index (χ1v) is 7.98. The molecule has 1 unspecified atom stereocenters. The second-order valence-electron chi connectivity index (χ2n) is 6.45. The molecule has 0 radical (unpaired) electrons. The molecular formula is C18H22FN5O. The Morgan fingerprint density at radius 2 is 2.00 bits per heavy atom. The van der Waals surface area contributed by atoms with Gasteiger partial charge in [0.05, 0.1) is 16.9 Å². The van der Waals surface area contributed by atoms with Crippen LogP contribution in [0, 0.1) is 5.82 Å². The third kappa shape index (κ3) is 3.51. The van der Waals surface area contributed by atoms with E-state index in [0.717, 1.165) is 18.3 Å². The summed E-state index contributed by atoms with van der Waals surface area (Å²) < 4.78 is 13.7. The zero-order chi connectivity index (χ0) is 18.1. The maximum absolute atomic E-state index is 13.7. The number of nitrogens with one attached hydrogen (secondary N) is 2. The van der Waals surface area contributed by atoms with E-state index in [-0.39, 0.29) is 11.9 Å². The van der Waals surface area contributed by atoms with Crippen LogP contribution in [-0.4, -0.2) is 38.2 Å². The van der Waals surface area contributed by atoms with Gasteiger partial charge in [0.2, 0.25) is 0 Å². The largest absolute Gasteiger partial charge is 0.366 e. The molecule has 0 spiro atoms. The number of benzene rings is 2. The second kappa shape index (κ2) is 6.60. The molecule has 0 aromatic heterocycles. The van der Waals surface area contributed by atoms with Gasteiger partial charge in [0, 0.05) is 19.3 Å². The molecule has 0 fully saturated rings. The van der Waals surface area contributed by atoms with Crippen molar-refractivity contribution in [1.82, 2.24) is 4.90 Å². The molecule has 6 nitrogen and oxygen atoms in total. The predicted octanol–water partition coefficient (Wildman–Crippen LogP) is 2.24. The van der Waals surface area contributed by atoms with E-state index in [2.05, 4.69) is 27.7 Å². The minimum Gasteiger partial charge on any atom is -0.366 e. The Morgan fingerprint density at radius 1 is 1.32 bits per heavy atom. The van der Waals surface area contributed by atoms with Crippen molar-refractivity contribution in [1.29, 1.82) is 0 Å². The lowest BCUT2D eigenvalue weighted by molar-refractivity contribution is 0.100. The number of anilines is 3. The maximum atomic E-state index is 13.7. The number of rotatable bonds is 5. The van der Waals surface area contributed by atoms with E-state index >= 15 is 0 Å². The van der Waals surface area contributed by atoms with Crippen molar-refractivity contribution < 1.29 is 9.18 Å². The van der Waals surface area contributed by atoms with Crippen molar-refractivity contribution in [3.8, 4) is 0 Å². The molecule has 1 aliphatic rings. The monoisotopic (exact) mass is 343 g/mol. The first-order valence-electron chi connectivity index (χ1n) is 7.98. The number of carbonyl (C=O) groups excluding carboxylic acids is 1. The number of carbonyl (C=O) groups is 1. The number of nitrogens with two attached hydrogens (primary N) is 1. The van der Waals surface area contributed by atoms with Gasteiger partial charge < -0.3 is 26.2 Å². The van der Waals surface area contributed by atoms with Gasteiger partial charge in [-0.25, -0.2) is 4.39 Å². The van der Waals surface area contributed by atoms with Crippen molar-refractivity contribution >= 4 is 23.0 Å². The molecule has 1 amide bonds. The number of halogens is 1. The van der Waals surface area contributed by atoms with Crippen LogP contribution < -0.4 is 21.3 Å². The molecule has 0 saturated heterocycles. The van der Waals surface area contributed by atoms with E-state index < -0.39 is 11.7 Å².